The Hall–Kier alpha value is -0.885. The summed E-state index contributed by atoms with van der Waals surface area (Å²) >= 11 is 0. The molecule has 0 bridgehead atoms. The van der Waals surface area contributed by atoms with Gasteiger partial charge in [0.05, 0.1) is 16.1 Å². The Bertz CT molecular complexity index is 582. The third-order valence-corrected chi connectivity index (χ3v) is 4.72. The molecule has 0 spiro atoms. The van der Waals surface area contributed by atoms with Crippen LogP contribution in [-0.2, 0) is 19.3 Å². The van der Waals surface area contributed by atoms with Crippen LogP contribution in [0.2, 0.25) is 0 Å². The van der Waals surface area contributed by atoms with E-state index in [2.05, 4.69) is 0 Å². The molecule has 0 aliphatic carbocycles. The molecule has 7 heteroatoms. The van der Waals surface area contributed by atoms with E-state index in [1.54, 1.807) is 18.2 Å². The summed E-state index contributed by atoms with van der Waals surface area (Å²) in [6.45, 7) is 7.64. The van der Waals surface area contributed by atoms with Gasteiger partial charge in [0.1, 0.15) is 0 Å². The quantitative estimate of drug-likeness (QED) is 0.808. The molecule has 1 saturated heterocycles. The van der Waals surface area contributed by atoms with Gasteiger partial charge in [-0.3, -0.25) is 0 Å². The fourth-order valence-electron chi connectivity index (χ4n) is 1.90. The Morgan fingerprint density at radius 1 is 1.05 bits per heavy atom. The highest BCUT2D eigenvalue weighted by molar-refractivity contribution is 7.89. The summed E-state index contributed by atoms with van der Waals surface area (Å²) in [5.74, 6) is 0. The average Bonchev–Trinajstić information content (AvgIpc) is 2.47. The Kier molecular flexibility index (Phi) is 3.29. The van der Waals surface area contributed by atoms with Crippen LogP contribution < -0.4 is 10.6 Å². The van der Waals surface area contributed by atoms with Crippen LogP contribution >= 0.6 is 0 Å². The standard InChI is InChI=1S/C12H18BNO4S/c1-11(2)12(3,4)18-13(17-11)9-7-5-6-8-10(9)19(14,15)16/h5-8H,1-4H3,(H2,14,15,16). The van der Waals surface area contributed by atoms with Crippen molar-refractivity contribution >= 4 is 22.6 Å². The minimum atomic E-state index is -3.81. The van der Waals surface area contributed by atoms with E-state index in [0.717, 1.165) is 0 Å². The molecule has 19 heavy (non-hydrogen) atoms. The van der Waals surface area contributed by atoms with Crippen molar-refractivity contribution in [3.8, 4) is 0 Å². The van der Waals surface area contributed by atoms with Crippen molar-refractivity contribution < 1.29 is 17.7 Å². The molecule has 1 aromatic rings. The number of hydrogen-bond acceptors (Lipinski definition) is 4. The second kappa shape index (κ2) is 4.31. The van der Waals surface area contributed by atoms with Gasteiger partial charge in [-0.15, -0.1) is 0 Å². The minimum absolute atomic E-state index is 0.0356. The monoisotopic (exact) mass is 283 g/mol. The zero-order valence-corrected chi connectivity index (χ0v) is 12.3. The van der Waals surface area contributed by atoms with Gasteiger partial charge in [0.2, 0.25) is 10.0 Å². The van der Waals surface area contributed by atoms with E-state index in [-0.39, 0.29) is 4.90 Å². The maximum atomic E-state index is 11.6. The van der Waals surface area contributed by atoms with Crippen LogP contribution in [0, 0.1) is 0 Å². The predicted octanol–water partition coefficient (Wildman–Crippen LogP) is 0.633. The summed E-state index contributed by atoms with van der Waals surface area (Å²) in [4.78, 5) is 0.0356. The molecule has 1 heterocycles. The van der Waals surface area contributed by atoms with Crippen LogP contribution in [0.3, 0.4) is 0 Å². The van der Waals surface area contributed by atoms with Gasteiger partial charge in [-0.05, 0) is 33.8 Å². The fraction of sp³-hybridized carbons (Fsp3) is 0.500. The van der Waals surface area contributed by atoms with Gasteiger partial charge in [0.25, 0.3) is 0 Å². The highest BCUT2D eigenvalue weighted by Crippen LogP contribution is 2.36. The van der Waals surface area contributed by atoms with E-state index in [1.807, 2.05) is 27.7 Å². The summed E-state index contributed by atoms with van der Waals surface area (Å²) in [5.41, 5.74) is -0.615. The van der Waals surface area contributed by atoms with Gasteiger partial charge in [0.15, 0.2) is 0 Å². The summed E-state index contributed by atoms with van der Waals surface area (Å²) < 4.78 is 34.9. The van der Waals surface area contributed by atoms with Crippen LogP contribution in [0.15, 0.2) is 29.2 Å². The Labute approximate surface area is 114 Å². The second-order valence-corrected chi connectivity index (χ2v) is 7.20. The molecule has 1 fully saturated rings. The maximum Gasteiger partial charge on any atom is 0.496 e. The lowest BCUT2D eigenvalue weighted by atomic mass is 9.79. The van der Waals surface area contributed by atoms with E-state index in [4.69, 9.17) is 14.4 Å². The van der Waals surface area contributed by atoms with Gasteiger partial charge in [0, 0.05) is 5.46 Å². The smallest absolute Gasteiger partial charge is 0.399 e. The first-order valence-corrected chi connectivity index (χ1v) is 7.57. The van der Waals surface area contributed by atoms with Crippen LogP contribution in [-0.4, -0.2) is 26.7 Å². The van der Waals surface area contributed by atoms with Crippen LogP contribution in [0.25, 0.3) is 0 Å². The van der Waals surface area contributed by atoms with Gasteiger partial charge in [-0.25, -0.2) is 13.6 Å². The van der Waals surface area contributed by atoms with Crippen LogP contribution in [0.5, 0.6) is 0 Å². The molecule has 1 aliphatic rings. The summed E-state index contributed by atoms with van der Waals surface area (Å²) in [5, 5.41) is 5.22. The molecular weight excluding hydrogens is 265 g/mol. The van der Waals surface area contributed by atoms with Crippen molar-refractivity contribution in [2.24, 2.45) is 5.14 Å². The lowest BCUT2D eigenvalue weighted by molar-refractivity contribution is 0.00578. The van der Waals surface area contributed by atoms with Crippen molar-refractivity contribution in [1.82, 2.24) is 0 Å². The second-order valence-electron chi connectivity index (χ2n) is 5.67. The zero-order chi connectivity index (χ0) is 14.5. The van der Waals surface area contributed by atoms with Crippen molar-refractivity contribution in [3.05, 3.63) is 24.3 Å². The van der Waals surface area contributed by atoms with E-state index >= 15 is 0 Å². The van der Waals surface area contributed by atoms with Gasteiger partial charge >= 0.3 is 7.12 Å². The first-order valence-electron chi connectivity index (χ1n) is 6.02. The third-order valence-electron chi connectivity index (χ3n) is 3.73. The SMILES string of the molecule is CC1(C)OB(c2ccccc2S(N)(=O)=O)OC1(C)C. The van der Waals surface area contributed by atoms with Crippen LogP contribution in [0.1, 0.15) is 27.7 Å². The van der Waals surface area contributed by atoms with E-state index in [0.29, 0.717) is 5.46 Å². The fourth-order valence-corrected chi connectivity index (χ4v) is 2.67. The zero-order valence-electron chi connectivity index (χ0n) is 11.5. The molecule has 0 saturated carbocycles. The number of rotatable bonds is 2. The Morgan fingerprint density at radius 3 is 2.00 bits per heavy atom. The molecule has 0 amide bonds. The molecule has 1 aliphatic heterocycles. The lowest BCUT2D eigenvalue weighted by Crippen LogP contribution is -2.41. The number of hydrogen-bond donors (Lipinski definition) is 1. The minimum Gasteiger partial charge on any atom is -0.399 e. The molecule has 104 valence electrons. The van der Waals surface area contributed by atoms with E-state index < -0.39 is 28.3 Å². The summed E-state index contributed by atoms with van der Waals surface area (Å²) in [7, 11) is -4.54. The summed E-state index contributed by atoms with van der Waals surface area (Å²) in [6, 6.07) is 6.46. The van der Waals surface area contributed by atoms with E-state index in [1.165, 1.54) is 6.07 Å². The normalized spacial score (nSPS) is 21.6. The Morgan fingerprint density at radius 2 is 1.53 bits per heavy atom. The molecule has 0 radical (unpaired) electrons. The van der Waals surface area contributed by atoms with Crippen molar-refractivity contribution in [2.75, 3.05) is 0 Å². The number of sulfonamides is 1. The largest absolute Gasteiger partial charge is 0.496 e. The number of nitrogens with two attached hydrogens (primary N) is 1. The van der Waals surface area contributed by atoms with E-state index in [9.17, 15) is 8.42 Å². The number of benzene rings is 1. The average molecular weight is 283 g/mol. The number of primary sulfonamides is 1. The van der Waals surface area contributed by atoms with Crippen molar-refractivity contribution in [3.63, 3.8) is 0 Å². The topological polar surface area (TPSA) is 78.6 Å². The molecule has 1 aromatic carbocycles. The third kappa shape index (κ3) is 2.56. The maximum absolute atomic E-state index is 11.6. The molecule has 0 atom stereocenters. The van der Waals surface area contributed by atoms with Gasteiger partial charge in [-0.1, -0.05) is 18.2 Å². The van der Waals surface area contributed by atoms with Crippen molar-refractivity contribution in [1.29, 1.82) is 0 Å². The highest BCUT2D eigenvalue weighted by atomic mass is 32.2. The first-order chi connectivity index (χ1) is 8.55. The van der Waals surface area contributed by atoms with Crippen LogP contribution in [0.4, 0.5) is 0 Å². The van der Waals surface area contributed by atoms with Crippen molar-refractivity contribution in [2.45, 2.75) is 43.8 Å². The van der Waals surface area contributed by atoms with Gasteiger partial charge in [-0.2, -0.15) is 0 Å². The Balaban J connectivity index is 2.47. The molecular formula is C12H18BNO4S. The molecule has 0 aromatic heterocycles. The molecule has 2 rings (SSSR count). The predicted molar refractivity (Wildman–Crippen MR) is 73.5 cm³/mol. The summed E-state index contributed by atoms with van der Waals surface area (Å²) in [6.07, 6.45) is 0. The molecule has 0 unspecified atom stereocenters. The molecule has 2 N–H and O–H groups in total. The first kappa shape index (κ1) is 14.5. The highest BCUT2D eigenvalue weighted by Gasteiger charge is 2.52. The molecule has 5 nitrogen and oxygen atoms in total. The lowest BCUT2D eigenvalue weighted by Gasteiger charge is -2.32. The van der Waals surface area contributed by atoms with Gasteiger partial charge < -0.3 is 9.31 Å².